The summed E-state index contributed by atoms with van der Waals surface area (Å²) in [6.07, 6.45) is 0. The lowest BCUT2D eigenvalue weighted by Crippen LogP contribution is -2.39. The van der Waals surface area contributed by atoms with Gasteiger partial charge in [-0.15, -0.1) is 23.7 Å². The largest absolute Gasteiger partial charge is 0.341 e. The highest BCUT2D eigenvalue weighted by molar-refractivity contribution is 14.1. The van der Waals surface area contributed by atoms with Gasteiger partial charge in [0.2, 0.25) is 0 Å². The first kappa shape index (κ1) is 17.2. The van der Waals surface area contributed by atoms with Crippen molar-refractivity contribution in [1.29, 1.82) is 0 Å². The molecule has 1 rings (SSSR count). The highest BCUT2D eigenvalue weighted by atomic mass is 127. The highest BCUT2D eigenvalue weighted by Crippen LogP contribution is 2.20. The van der Waals surface area contributed by atoms with Crippen molar-refractivity contribution in [1.82, 2.24) is 4.90 Å². The fourth-order valence-corrected chi connectivity index (χ4v) is 2.74. The molecule has 1 aromatic rings. The Morgan fingerprint density at radius 3 is 2.59 bits per heavy atom. The molecule has 0 unspecified atom stereocenters. The summed E-state index contributed by atoms with van der Waals surface area (Å²) in [6.45, 7) is 5.38. The molecule has 0 saturated carbocycles. The molecule has 1 heterocycles. The topological polar surface area (TPSA) is 46.3 Å². The van der Waals surface area contributed by atoms with Crippen LogP contribution in [-0.4, -0.2) is 30.9 Å². The minimum atomic E-state index is -0.0341. The molecule has 0 aromatic carbocycles. The number of thiophene rings is 1. The molecule has 2 N–H and O–H groups in total. The number of nitrogens with two attached hydrogens (primary N) is 1. The molecule has 17 heavy (non-hydrogen) atoms. The first-order valence-electron chi connectivity index (χ1n) is 5.05. The molecular weight excluding hydrogens is 371 g/mol. The Hall–Kier alpha value is 0.150. The number of carbonyl (C=O) groups is 1. The molecule has 3 nitrogen and oxygen atoms in total. The second-order valence-corrected chi connectivity index (χ2v) is 7.47. The lowest BCUT2D eigenvalue weighted by Gasteiger charge is -2.28. The fourth-order valence-electron chi connectivity index (χ4n) is 1.42. The summed E-state index contributed by atoms with van der Waals surface area (Å²) >= 11 is 3.81. The molecule has 0 aliphatic rings. The van der Waals surface area contributed by atoms with E-state index in [0.29, 0.717) is 13.1 Å². The van der Waals surface area contributed by atoms with E-state index >= 15 is 0 Å². The van der Waals surface area contributed by atoms with Crippen LogP contribution in [0.2, 0.25) is 0 Å². The Morgan fingerprint density at radius 1 is 1.59 bits per heavy atom. The Bertz CT molecular complexity index is 381. The second-order valence-electron chi connectivity index (χ2n) is 4.67. The van der Waals surface area contributed by atoms with Crippen LogP contribution >= 0.6 is 46.3 Å². The smallest absolute Gasteiger partial charge is 0.254 e. The summed E-state index contributed by atoms with van der Waals surface area (Å²) in [5, 5.41) is 1.90. The van der Waals surface area contributed by atoms with E-state index in [0.717, 1.165) is 8.45 Å². The van der Waals surface area contributed by atoms with Gasteiger partial charge < -0.3 is 10.6 Å². The third kappa shape index (κ3) is 5.11. The third-order valence-corrected chi connectivity index (χ3v) is 4.17. The van der Waals surface area contributed by atoms with Crippen LogP contribution in [0.1, 0.15) is 24.2 Å². The van der Waals surface area contributed by atoms with Gasteiger partial charge in [0.25, 0.3) is 5.91 Å². The zero-order valence-corrected chi connectivity index (χ0v) is 14.0. The number of carbonyl (C=O) groups excluding carboxylic acids is 1. The standard InChI is InChI=1S/C11H17IN2OS.ClH/c1-11(2,6-13)7-14(3)10(15)8-4-9(12)16-5-8;/h4-5H,6-7,13H2,1-3H3;1H. The van der Waals surface area contributed by atoms with Crippen molar-refractivity contribution < 1.29 is 4.79 Å². The molecule has 0 saturated heterocycles. The van der Waals surface area contributed by atoms with Crippen LogP contribution in [-0.2, 0) is 0 Å². The first-order valence-corrected chi connectivity index (χ1v) is 7.01. The number of rotatable bonds is 4. The van der Waals surface area contributed by atoms with E-state index in [9.17, 15) is 4.79 Å². The van der Waals surface area contributed by atoms with E-state index in [1.54, 1.807) is 16.2 Å². The maximum absolute atomic E-state index is 12.0. The number of nitrogens with zero attached hydrogens (tertiary/aromatic N) is 1. The molecule has 0 atom stereocenters. The Labute approximate surface area is 126 Å². The second kappa shape index (κ2) is 6.92. The minimum Gasteiger partial charge on any atom is -0.341 e. The maximum atomic E-state index is 12.0. The molecular formula is C11H18ClIN2OS. The van der Waals surface area contributed by atoms with Crippen LogP contribution in [0.15, 0.2) is 11.4 Å². The minimum absolute atomic E-state index is 0. The number of hydrogen-bond donors (Lipinski definition) is 1. The maximum Gasteiger partial charge on any atom is 0.254 e. The first-order chi connectivity index (χ1) is 7.35. The van der Waals surface area contributed by atoms with Gasteiger partial charge in [0.15, 0.2) is 0 Å². The Balaban J connectivity index is 0.00000256. The summed E-state index contributed by atoms with van der Waals surface area (Å²) < 4.78 is 1.13. The van der Waals surface area contributed by atoms with Gasteiger partial charge >= 0.3 is 0 Å². The van der Waals surface area contributed by atoms with Gasteiger partial charge in [-0.2, -0.15) is 0 Å². The van der Waals surface area contributed by atoms with Gasteiger partial charge in [-0.3, -0.25) is 4.79 Å². The molecule has 0 aliphatic heterocycles. The molecule has 0 fully saturated rings. The zero-order chi connectivity index (χ0) is 12.3. The predicted molar refractivity (Wildman–Crippen MR) is 84.1 cm³/mol. The van der Waals surface area contributed by atoms with Gasteiger partial charge in [-0.05, 0) is 40.6 Å². The normalized spacial score (nSPS) is 10.9. The summed E-state index contributed by atoms with van der Waals surface area (Å²) in [5.74, 6) is 0.0701. The van der Waals surface area contributed by atoms with Gasteiger partial charge in [-0.1, -0.05) is 13.8 Å². The van der Waals surface area contributed by atoms with Gasteiger partial charge in [-0.25, -0.2) is 0 Å². The van der Waals surface area contributed by atoms with Crippen LogP contribution in [0.25, 0.3) is 0 Å². The molecule has 98 valence electrons. The molecule has 1 amide bonds. The van der Waals surface area contributed by atoms with Gasteiger partial charge in [0.1, 0.15) is 0 Å². The van der Waals surface area contributed by atoms with Crippen LogP contribution in [0.3, 0.4) is 0 Å². The molecule has 0 aliphatic carbocycles. The fraction of sp³-hybridized carbons (Fsp3) is 0.545. The Kier molecular flexibility index (Phi) is 6.98. The van der Waals surface area contributed by atoms with Crippen molar-refractivity contribution in [3.05, 3.63) is 19.9 Å². The SMILES string of the molecule is CN(CC(C)(C)CN)C(=O)c1csc(I)c1.Cl. The third-order valence-electron chi connectivity index (χ3n) is 2.38. The van der Waals surface area contributed by atoms with Crippen molar-refractivity contribution in [3.8, 4) is 0 Å². The average Bonchev–Trinajstić information content (AvgIpc) is 2.63. The summed E-state index contributed by atoms with van der Waals surface area (Å²) in [5.41, 5.74) is 6.39. The Morgan fingerprint density at radius 2 is 2.18 bits per heavy atom. The number of amides is 1. The number of halogens is 2. The molecule has 1 aromatic heterocycles. The van der Waals surface area contributed by atoms with Crippen molar-refractivity contribution >= 4 is 52.2 Å². The lowest BCUT2D eigenvalue weighted by molar-refractivity contribution is 0.0741. The molecule has 0 radical (unpaired) electrons. The van der Waals surface area contributed by atoms with E-state index in [4.69, 9.17) is 5.73 Å². The predicted octanol–water partition coefficient (Wildman–Crippen LogP) is 2.83. The van der Waals surface area contributed by atoms with Crippen molar-refractivity contribution in [2.75, 3.05) is 20.1 Å². The summed E-state index contributed by atoms with van der Waals surface area (Å²) in [7, 11) is 1.82. The molecule has 6 heteroatoms. The zero-order valence-electron chi connectivity index (χ0n) is 10.2. The monoisotopic (exact) mass is 388 g/mol. The van der Waals surface area contributed by atoms with Gasteiger partial charge in [0, 0.05) is 19.0 Å². The van der Waals surface area contributed by atoms with E-state index in [1.165, 1.54) is 0 Å². The highest BCUT2D eigenvalue weighted by Gasteiger charge is 2.22. The van der Waals surface area contributed by atoms with Crippen LogP contribution in [0.5, 0.6) is 0 Å². The van der Waals surface area contributed by atoms with E-state index in [2.05, 4.69) is 36.4 Å². The van der Waals surface area contributed by atoms with Gasteiger partial charge in [0.05, 0.1) is 8.45 Å². The van der Waals surface area contributed by atoms with Crippen LogP contribution in [0, 0.1) is 8.30 Å². The van der Waals surface area contributed by atoms with E-state index < -0.39 is 0 Å². The van der Waals surface area contributed by atoms with E-state index in [-0.39, 0.29) is 23.7 Å². The van der Waals surface area contributed by atoms with Crippen LogP contribution in [0.4, 0.5) is 0 Å². The molecule has 0 bridgehead atoms. The molecule has 0 spiro atoms. The summed E-state index contributed by atoms with van der Waals surface area (Å²) in [6, 6.07) is 1.92. The van der Waals surface area contributed by atoms with Crippen molar-refractivity contribution in [2.24, 2.45) is 11.1 Å². The van der Waals surface area contributed by atoms with Crippen LogP contribution < -0.4 is 5.73 Å². The summed E-state index contributed by atoms with van der Waals surface area (Å²) in [4.78, 5) is 13.8. The van der Waals surface area contributed by atoms with E-state index in [1.807, 2.05) is 18.5 Å². The average molecular weight is 389 g/mol. The number of hydrogen-bond acceptors (Lipinski definition) is 3. The van der Waals surface area contributed by atoms with Crippen molar-refractivity contribution in [3.63, 3.8) is 0 Å². The van der Waals surface area contributed by atoms with Crippen molar-refractivity contribution in [2.45, 2.75) is 13.8 Å². The lowest BCUT2D eigenvalue weighted by atomic mass is 9.93. The quantitative estimate of drug-likeness (QED) is 0.806.